The van der Waals surface area contributed by atoms with E-state index in [1.807, 2.05) is 49.2 Å². The lowest BCUT2D eigenvalue weighted by molar-refractivity contribution is 0.628. The van der Waals surface area contributed by atoms with Gasteiger partial charge in [0.1, 0.15) is 22.3 Å². The van der Waals surface area contributed by atoms with Gasteiger partial charge in [-0.2, -0.15) is 0 Å². The third-order valence-electron chi connectivity index (χ3n) is 4.11. The molecule has 0 amide bonds. The van der Waals surface area contributed by atoms with E-state index in [4.69, 9.17) is 0 Å². The van der Waals surface area contributed by atoms with E-state index in [1.54, 1.807) is 17.5 Å². The minimum atomic E-state index is -0.271. The summed E-state index contributed by atoms with van der Waals surface area (Å²) in [5, 5.41) is 3.55. The van der Waals surface area contributed by atoms with Crippen LogP contribution < -0.4 is 0 Å². The molecule has 0 saturated carbocycles. The minimum Gasteiger partial charge on any atom is -0.334 e. The van der Waals surface area contributed by atoms with E-state index in [-0.39, 0.29) is 5.82 Å². The number of benzene rings is 1. The average Bonchev–Trinajstić information content (AvgIpc) is 3.24. The number of rotatable bonds is 3. The van der Waals surface area contributed by atoms with Crippen LogP contribution in [0.2, 0.25) is 0 Å². The number of aromatic nitrogens is 5. The van der Waals surface area contributed by atoms with Gasteiger partial charge in [-0.15, -0.1) is 11.3 Å². The monoisotopic (exact) mass is 365 g/mol. The Balaban J connectivity index is 1.71. The summed E-state index contributed by atoms with van der Waals surface area (Å²) >= 11 is 1.55. The van der Waals surface area contributed by atoms with Crippen LogP contribution in [0.15, 0.2) is 29.9 Å². The van der Waals surface area contributed by atoms with E-state index in [0.29, 0.717) is 5.82 Å². The van der Waals surface area contributed by atoms with Gasteiger partial charge in [0, 0.05) is 35.9 Å². The zero-order chi connectivity index (χ0) is 18.3. The van der Waals surface area contributed by atoms with Gasteiger partial charge >= 0.3 is 0 Å². The highest BCUT2D eigenvalue weighted by molar-refractivity contribution is 7.13. The van der Waals surface area contributed by atoms with Gasteiger partial charge in [-0.1, -0.05) is 0 Å². The summed E-state index contributed by atoms with van der Waals surface area (Å²) in [5.41, 5.74) is 3.15. The third kappa shape index (κ3) is 3.01. The normalized spacial score (nSPS) is 11.7. The first kappa shape index (κ1) is 16.5. The third-order valence-corrected chi connectivity index (χ3v) is 4.90. The summed E-state index contributed by atoms with van der Waals surface area (Å²) < 4.78 is 15.6. The fraction of sp³-hybridized carbons (Fsp3) is 0.158. The fourth-order valence-corrected chi connectivity index (χ4v) is 3.43. The Morgan fingerprint density at radius 1 is 1.12 bits per heavy atom. The number of nitrogens with zero attached hydrogens (tertiary/aromatic N) is 5. The van der Waals surface area contributed by atoms with Crippen molar-refractivity contribution in [1.29, 1.82) is 0 Å². The molecule has 0 aliphatic heterocycles. The lowest BCUT2D eigenvalue weighted by atomic mass is 10.1. The molecule has 7 heteroatoms. The molecule has 0 fully saturated rings. The average molecular weight is 365 g/mol. The zero-order valence-electron chi connectivity index (χ0n) is 14.6. The van der Waals surface area contributed by atoms with Crippen LogP contribution in [0.3, 0.4) is 0 Å². The van der Waals surface area contributed by atoms with E-state index >= 15 is 0 Å². The molecular formula is C19H16FN5S. The number of hydrogen-bond acceptors (Lipinski definition) is 5. The van der Waals surface area contributed by atoms with Crippen LogP contribution in [-0.2, 0) is 7.05 Å². The van der Waals surface area contributed by atoms with E-state index in [9.17, 15) is 4.39 Å². The highest BCUT2D eigenvalue weighted by atomic mass is 32.1. The maximum absolute atomic E-state index is 13.6. The Bertz CT molecular complexity index is 1130. The maximum atomic E-state index is 13.6. The van der Waals surface area contributed by atoms with E-state index < -0.39 is 0 Å². The molecular weight excluding hydrogens is 349 g/mol. The Kier molecular flexibility index (Phi) is 4.08. The summed E-state index contributed by atoms with van der Waals surface area (Å²) in [7, 11) is 1.93. The van der Waals surface area contributed by atoms with Crippen molar-refractivity contribution in [1.82, 2.24) is 24.5 Å². The van der Waals surface area contributed by atoms with Gasteiger partial charge in [0.2, 0.25) is 0 Å². The number of halogens is 1. The molecule has 5 nitrogen and oxygen atoms in total. The van der Waals surface area contributed by atoms with Crippen LogP contribution >= 0.6 is 11.3 Å². The first-order valence-corrected chi connectivity index (χ1v) is 8.95. The van der Waals surface area contributed by atoms with E-state index in [2.05, 4.69) is 19.9 Å². The molecule has 0 atom stereocenters. The number of fused-ring (bicyclic) bond motifs is 1. The molecule has 3 heterocycles. The van der Waals surface area contributed by atoms with Crippen LogP contribution in [0.5, 0.6) is 0 Å². The van der Waals surface area contributed by atoms with Crippen molar-refractivity contribution in [2.75, 3.05) is 0 Å². The van der Waals surface area contributed by atoms with Crippen LogP contribution in [0.1, 0.15) is 22.9 Å². The highest BCUT2D eigenvalue weighted by Crippen LogP contribution is 2.23. The van der Waals surface area contributed by atoms with Gasteiger partial charge in [-0.25, -0.2) is 24.3 Å². The molecule has 0 N–H and O–H groups in total. The molecule has 0 spiro atoms. The summed E-state index contributed by atoms with van der Waals surface area (Å²) in [5.74, 6) is 1.09. The molecule has 0 unspecified atom stereocenters. The first-order chi connectivity index (χ1) is 12.5. The Hall–Kier alpha value is -2.93. The summed E-state index contributed by atoms with van der Waals surface area (Å²) in [4.78, 5) is 17.9. The number of aryl methyl sites for hydroxylation is 3. The number of thiazole rings is 1. The first-order valence-electron chi connectivity index (χ1n) is 8.07. The summed E-state index contributed by atoms with van der Waals surface area (Å²) in [6, 6.07) is 2.96. The van der Waals surface area contributed by atoms with Crippen LogP contribution in [0.25, 0.3) is 33.8 Å². The maximum Gasteiger partial charge on any atom is 0.152 e. The molecule has 4 rings (SSSR count). The second-order valence-corrected chi connectivity index (χ2v) is 6.95. The Morgan fingerprint density at radius 3 is 2.73 bits per heavy atom. The van der Waals surface area contributed by atoms with Gasteiger partial charge in [0.05, 0.1) is 5.52 Å². The SMILES string of the molecule is Cc1nc(C=Cc2nc(-c3nccs3)cn2C)nc2c(C)cc(F)cc12. The number of hydrogen-bond donors (Lipinski definition) is 0. The second kappa shape index (κ2) is 6.42. The standard InChI is InChI=1S/C19H16FN5S/c1-11-8-13(20)9-14-12(2)22-16(24-18(11)14)4-5-17-23-15(10-25(17)3)19-21-6-7-26-19/h4-10H,1-3H3. The lowest BCUT2D eigenvalue weighted by Crippen LogP contribution is -1.97. The van der Waals surface area contributed by atoms with E-state index in [0.717, 1.165) is 38.7 Å². The minimum absolute atomic E-state index is 0.271. The molecule has 0 bridgehead atoms. The van der Waals surface area contributed by atoms with Crippen molar-refractivity contribution in [3.63, 3.8) is 0 Å². The molecule has 26 heavy (non-hydrogen) atoms. The van der Waals surface area contributed by atoms with Crippen molar-refractivity contribution >= 4 is 34.4 Å². The van der Waals surface area contributed by atoms with Gasteiger partial charge in [0.15, 0.2) is 5.82 Å². The summed E-state index contributed by atoms with van der Waals surface area (Å²) in [6.07, 6.45) is 7.40. The predicted molar refractivity (Wildman–Crippen MR) is 102 cm³/mol. The van der Waals surface area contributed by atoms with Crippen molar-refractivity contribution in [2.45, 2.75) is 13.8 Å². The lowest BCUT2D eigenvalue weighted by Gasteiger charge is -2.06. The van der Waals surface area contributed by atoms with Crippen molar-refractivity contribution in [3.05, 3.63) is 58.6 Å². The highest BCUT2D eigenvalue weighted by Gasteiger charge is 2.09. The van der Waals surface area contributed by atoms with Crippen molar-refractivity contribution in [2.24, 2.45) is 7.05 Å². The molecule has 4 aromatic rings. The van der Waals surface area contributed by atoms with Gasteiger partial charge < -0.3 is 4.57 Å². The van der Waals surface area contributed by atoms with Gasteiger partial charge in [-0.05, 0) is 43.7 Å². The molecule has 1 aromatic carbocycles. The van der Waals surface area contributed by atoms with Crippen molar-refractivity contribution < 1.29 is 4.39 Å². The van der Waals surface area contributed by atoms with Crippen molar-refractivity contribution in [3.8, 4) is 10.7 Å². The second-order valence-electron chi connectivity index (χ2n) is 6.05. The van der Waals surface area contributed by atoms with E-state index in [1.165, 1.54) is 12.1 Å². The zero-order valence-corrected chi connectivity index (χ0v) is 15.4. The van der Waals surface area contributed by atoms with Gasteiger partial charge in [0.25, 0.3) is 0 Å². The predicted octanol–water partition coefficient (Wildman–Crippen LogP) is 4.41. The Morgan fingerprint density at radius 2 is 1.96 bits per heavy atom. The Labute approximate surface area is 153 Å². The molecule has 0 radical (unpaired) electrons. The quantitative estimate of drug-likeness (QED) is 0.539. The molecule has 0 aliphatic rings. The molecule has 0 aliphatic carbocycles. The van der Waals surface area contributed by atoms with Gasteiger partial charge in [-0.3, -0.25) is 0 Å². The molecule has 0 saturated heterocycles. The molecule has 3 aromatic heterocycles. The van der Waals surface area contributed by atoms with Crippen LogP contribution in [0.4, 0.5) is 4.39 Å². The van der Waals surface area contributed by atoms with Crippen LogP contribution in [-0.4, -0.2) is 24.5 Å². The van der Waals surface area contributed by atoms with Crippen LogP contribution in [0, 0.1) is 19.7 Å². The molecule has 130 valence electrons. The summed E-state index contributed by atoms with van der Waals surface area (Å²) in [6.45, 7) is 3.71. The largest absolute Gasteiger partial charge is 0.334 e. The smallest absolute Gasteiger partial charge is 0.152 e. The number of imidazole rings is 1. The fourth-order valence-electron chi connectivity index (χ4n) is 2.84. The topological polar surface area (TPSA) is 56.5 Å².